The number of aryl methyl sites for hydroxylation is 2. The van der Waals surface area contributed by atoms with Crippen LogP contribution in [0.25, 0.3) is 0 Å². The van der Waals surface area contributed by atoms with Crippen LogP contribution in [0.5, 0.6) is 0 Å². The van der Waals surface area contributed by atoms with Crippen molar-refractivity contribution in [2.24, 2.45) is 29.6 Å². The molecule has 662 valence electrons. The van der Waals surface area contributed by atoms with Crippen molar-refractivity contribution in [2.45, 2.75) is 550 Å². The Kier molecular flexibility index (Phi) is 62.0. The molecule has 2 aromatic carbocycles. The van der Waals surface area contributed by atoms with Crippen LogP contribution in [0.1, 0.15) is 548 Å². The first kappa shape index (κ1) is 107. The van der Waals surface area contributed by atoms with Crippen LogP contribution in [0.15, 0.2) is 36.4 Å². The Bertz CT molecular complexity index is 2240. The molecule has 0 bridgehead atoms. The Morgan fingerprint density at radius 1 is 0.232 bits per heavy atom. The van der Waals surface area contributed by atoms with Gasteiger partial charge in [0, 0.05) is 0 Å². The fourth-order valence-corrected chi connectivity index (χ4v) is 24.3. The van der Waals surface area contributed by atoms with Crippen molar-refractivity contribution in [1.29, 1.82) is 0 Å². The molecular weight excluding hydrogens is 1410 g/mol. The Balaban J connectivity index is 2.36. The van der Waals surface area contributed by atoms with Gasteiger partial charge < -0.3 is 0 Å². The molecule has 8 heteroatoms. The van der Waals surface area contributed by atoms with E-state index < -0.39 is 14.6 Å². The van der Waals surface area contributed by atoms with Gasteiger partial charge in [0.1, 0.15) is 0 Å². The first-order valence-electron chi connectivity index (χ1n) is 50.4. The molecular formula is C104H200O6P2. The Labute approximate surface area is 701 Å². The monoisotopic (exact) mass is 1610 g/mol. The Morgan fingerprint density at radius 2 is 0.420 bits per heavy atom. The zero-order chi connectivity index (χ0) is 82.4. The number of hydrogen-bond donors (Lipinski definition) is 6. The van der Waals surface area contributed by atoms with Gasteiger partial charge in [-0.25, -0.2) is 0 Å². The van der Waals surface area contributed by atoms with Crippen molar-refractivity contribution in [3.8, 4) is 0 Å². The van der Waals surface area contributed by atoms with Crippen molar-refractivity contribution < 1.29 is 29.4 Å². The molecule has 0 fully saturated rings. The molecule has 112 heavy (non-hydrogen) atoms. The molecule has 6 N–H and O–H groups in total. The van der Waals surface area contributed by atoms with Gasteiger partial charge in [-0.3, -0.25) is 0 Å². The topological polar surface area (TPSA) is 121 Å². The molecule has 6 nitrogen and oxygen atoms in total. The van der Waals surface area contributed by atoms with E-state index in [0.717, 1.165) is 85.5 Å². The third-order valence-corrected chi connectivity index (χ3v) is 31.8. The minimum absolute atomic E-state index is 0.0438. The van der Waals surface area contributed by atoms with Gasteiger partial charge in [0.2, 0.25) is 0 Å². The molecule has 0 aliphatic carbocycles. The molecule has 0 saturated carbocycles. The molecule has 2 rings (SSSR count). The number of hydrogen-bond acceptors (Lipinski definition) is 6. The summed E-state index contributed by atoms with van der Waals surface area (Å²) in [7, 11) is -10.6. The normalized spacial score (nSPS) is 14.2. The average Bonchev–Trinajstić information content (AvgIpc) is 0.757. The number of rotatable bonds is 80. The van der Waals surface area contributed by atoms with E-state index in [9.17, 15) is 29.4 Å². The summed E-state index contributed by atoms with van der Waals surface area (Å²) < 4.78 is 0. The van der Waals surface area contributed by atoms with Crippen LogP contribution in [-0.2, 0) is 10.8 Å². The Hall–Kier alpha value is -0.940. The second kappa shape index (κ2) is 64.9. The first-order valence-corrected chi connectivity index (χ1v) is 55.0. The van der Waals surface area contributed by atoms with E-state index in [0.29, 0.717) is 41.2 Å². The average molecular weight is 1610 g/mol. The van der Waals surface area contributed by atoms with Gasteiger partial charge >= 0.3 is 358 Å². The zero-order valence-corrected chi connectivity index (χ0v) is 79.6. The summed E-state index contributed by atoms with van der Waals surface area (Å²) in [5.74, 6) is 2.77. The number of benzene rings is 2. The van der Waals surface area contributed by atoms with E-state index >= 15 is 0 Å². The predicted octanol–water partition coefficient (Wildman–Crippen LogP) is 33.9. The van der Waals surface area contributed by atoms with Gasteiger partial charge in [0.05, 0.1) is 0 Å². The summed E-state index contributed by atoms with van der Waals surface area (Å²) in [6.45, 7) is 28.1. The molecule has 0 aromatic heterocycles. The first-order chi connectivity index (χ1) is 53.7. The van der Waals surface area contributed by atoms with Crippen LogP contribution < -0.4 is 10.6 Å². The molecule has 0 spiro atoms. The summed E-state index contributed by atoms with van der Waals surface area (Å²) in [6, 6.07) is 11.7. The predicted molar refractivity (Wildman–Crippen MR) is 505 cm³/mol. The van der Waals surface area contributed by atoms with Crippen molar-refractivity contribution in [3.63, 3.8) is 0 Å². The SMILES string of the molecule is CCCCCCCCCCCCCC(CCCCCCCCCCCCC)CCCCCCCCC(CCCP(O)(O)(O)c1cc(C)ccc1C(C)(C)C)C(CCC)C(CCCCCCCCC(CCCCCCCCCCCCC)CCCCCCCCCCCCC)CCCP(O)(O)(O)c1cc(C)ccc1C(C)(C)C. The molecule has 2 unspecified atom stereocenters. The molecule has 2 atom stereocenters. The summed E-state index contributed by atoms with van der Waals surface area (Å²) in [5.41, 5.74) is 2.67. The third-order valence-electron chi connectivity index (χ3n) is 26.8. The van der Waals surface area contributed by atoms with Crippen LogP contribution >= 0.6 is 14.6 Å². The van der Waals surface area contributed by atoms with E-state index in [1.807, 2.05) is 50.2 Å². The maximum absolute atomic E-state index is 12.4. The second-order valence-electron chi connectivity index (χ2n) is 40.0. The molecule has 0 aliphatic rings. The van der Waals surface area contributed by atoms with Gasteiger partial charge in [-0.2, -0.15) is 0 Å². The summed E-state index contributed by atoms with van der Waals surface area (Å²) in [5, 5.41) is 0.654. The second-order valence-corrected chi connectivity index (χ2v) is 46.4. The van der Waals surface area contributed by atoms with Crippen LogP contribution in [0.2, 0.25) is 0 Å². The molecule has 0 saturated heterocycles. The van der Waals surface area contributed by atoms with E-state index in [1.54, 1.807) is 0 Å². The van der Waals surface area contributed by atoms with Gasteiger partial charge in [-0.1, -0.05) is 336 Å². The third kappa shape index (κ3) is 53.7. The molecule has 0 heterocycles. The Morgan fingerprint density at radius 3 is 0.616 bits per heavy atom. The van der Waals surface area contributed by atoms with Crippen LogP contribution in [-0.4, -0.2) is 41.7 Å². The van der Waals surface area contributed by atoms with Crippen molar-refractivity contribution >= 4 is 25.2 Å². The van der Waals surface area contributed by atoms with E-state index in [4.69, 9.17) is 0 Å². The maximum atomic E-state index is 12.4. The molecule has 0 radical (unpaired) electrons. The van der Waals surface area contributed by atoms with E-state index in [-0.39, 0.29) is 23.2 Å². The molecule has 0 aliphatic heterocycles. The summed E-state index contributed by atoms with van der Waals surface area (Å²) >= 11 is 0. The fourth-order valence-electron chi connectivity index (χ4n) is 19.5. The molecule has 0 amide bonds. The van der Waals surface area contributed by atoms with E-state index in [1.165, 1.54) is 385 Å². The van der Waals surface area contributed by atoms with Crippen LogP contribution in [0.4, 0.5) is 0 Å². The minimum atomic E-state index is -5.29. The van der Waals surface area contributed by atoms with Gasteiger partial charge in [-0.15, -0.1) is 0 Å². The van der Waals surface area contributed by atoms with E-state index in [2.05, 4.69) is 76.2 Å². The molecule has 2 aromatic rings. The van der Waals surface area contributed by atoms with Crippen LogP contribution in [0.3, 0.4) is 0 Å². The van der Waals surface area contributed by atoms with Gasteiger partial charge in [-0.05, 0) is 11.8 Å². The summed E-state index contributed by atoms with van der Waals surface area (Å²) in [6.07, 6.45) is 92.8. The summed E-state index contributed by atoms with van der Waals surface area (Å²) in [4.78, 5) is 74.3. The van der Waals surface area contributed by atoms with Crippen LogP contribution in [0, 0.1) is 43.4 Å². The van der Waals surface area contributed by atoms with Crippen molar-refractivity contribution in [1.82, 2.24) is 0 Å². The fraction of sp³-hybridized carbons (Fsp3) is 0.885. The zero-order valence-electron chi connectivity index (χ0n) is 77.8. The standard InChI is InChI=1S/C104H200O6P2/c1-14-19-23-27-31-35-39-43-47-55-63-74-94(75-64-56-48-44-40-36-32-28-24-20-15-2)78-67-59-51-53-61-69-80-96(82-71-88-111(105,106,107)101-90-92(6)84-86-99(101)103(8,9)10)98(73-18-5)97(83-72-89-112(108,109,110)102-91-93(7)85-87-100(102)104(11,12)13)81-70-62-54-52-60-68-79-95(76-65-57-49-45-41-37-33-29-25-21-16-3)77-66-58-50-46-42-38-34-30-26-22-17-4/h84-87,90-91,94-98,105-110H,14-83,88-89H2,1-13H3. The quantitative estimate of drug-likeness (QED) is 0.0290. The van der Waals surface area contributed by atoms with Gasteiger partial charge in [0.15, 0.2) is 0 Å². The van der Waals surface area contributed by atoms with Crippen molar-refractivity contribution in [3.05, 3.63) is 58.7 Å². The van der Waals surface area contributed by atoms with Crippen molar-refractivity contribution in [2.75, 3.05) is 12.3 Å². The number of unbranched alkanes of at least 4 members (excludes halogenated alkanes) is 50. The van der Waals surface area contributed by atoms with Gasteiger partial charge in [0.25, 0.3) is 0 Å².